The number of ketones is 1. The zero-order valence-corrected chi connectivity index (χ0v) is 14.0. The Balaban J connectivity index is 2.08. The van der Waals surface area contributed by atoms with Crippen LogP contribution >= 0.6 is 0 Å². The SMILES string of the molecule is CC(C)CC(N)C(=O)N(C)C(C)C(=O)c1ccc2c(c1)OCO2. The highest BCUT2D eigenvalue weighted by Gasteiger charge is 2.28. The molecule has 2 unspecified atom stereocenters. The van der Waals surface area contributed by atoms with Crippen LogP contribution in [0, 0.1) is 5.92 Å². The maximum absolute atomic E-state index is 12.6. The summed E-state index contributed by atoms with van der Waals surface area (Å²) >= 11 is 0. The zero-order valence-electron chi connectivity index (χ0n) is 14.0. The molecule has 1 aromatic rings. The molecular formula is C17H24N2O4. The molecule has 0 fully saturated rings. The minimum atomic E-state index is -0.596. The number of ether oxygens (including phenoxy) is 2. The standard InChI is InChI=1S/C17H24N2O4/c1-10(2)7-13(18)17(21)19(4)11(3)16(20)12-5-6-14-15(8-12)23-9-22-14/h5-6,8,10-11,13H,7,9,18H2,1-4H3. The Morgan fingerprint density at radius 3 is 2.52 bits per heavy atom. The molecule has 1 aromatic carbocycles. The predicted molar refractivity (Wildman–Crippen MR) is 86.6 cm³/mol. The normalized spacial score (nSPS) is 15.4. The number of fused-ring (bicyclic) bond motifs is 1. The second kappa shape index (κ2) is 7.00. The molecule has 0 radical (unpaired) electrons. The Morgan fingerprint density at radius 2 is 1.87 bits per heavy atom. The van der Waals surface area contributed by atoms with Crippen molar-refractivity contribution < 1.29 is 19.1 Å². The molecule has 6 heteroatoms. The fraction of sp³-hybridized carbons (Fsp3) is 0.529. The van der Waals surface area contributed by atoms with Crippen LogP contribution in [0.5, 0.6) is 11.5 Å². The summed E-state index contributed by atoms with van der Waals surface area (Å²) in [6.07, 6.45) is 0.591. The van der Waals surface area contributed by atoms with Gasteiger partial charge in [-0.05, 0) is 37.5 Å². The van der Waals surface area contributed by atoms with E-state index in [1.165, 1.54) is 4.90 Å². The second-order valence-electron chi connectivity index (χ2n) is 6.29. The van der Waals surface area contributed by atoms with Crippen LogP contribution in [0.2, 0.25) is 0 Å². The summed E-state index contributed by atoms with van der Waals surface area (Å²) in [4.78, 5) is 26.4. The van der Waals surface area contributed by atoms with Crippen molar-refractivity contribution in [2.45, 2.75) is 39.3 Å². The Hall–Kier alpha value is -2.08. The third kappa shape index (κ3) is 3.82. The van der Waals surface area contributed by atoms with E-state index in [9.17, 15) is 9.59 Å². The lowest BCUT2D eigenvalue weighted by atomic mass is 10.0. The number of hydrogen-bond donors (Lipinski definition) is 1. The number of carbonyl (C=O) groups is 2. The van der Waals surface area contributed by atoms with Gasteiger partial charge in [-0.3, -0.25) is 9.59 Å². The molecule has 2 rings (SSSR count). The van der Waals surface area contributed by atoms with Gasteiger partial charge in [0.15, 0.2) is 17.3 Å². The number of rotatable bonds is 6. The fourth-order valence-corrected chi connectivity index (χ4v) is 2.53. The summed E-state index contributed by atoms with van der Waals surface area (Å²) in [5.74, 6) is 1.12. The summed E-state index contributed by atoms with van der Waals surface area (Å²) in [5, 5.41) is 0. The lowest BCUT2D eigenvalue weighted by Crippen LogP contribution is -2.48. The molecule has 2 N–H and O–H groups in total. The van der Waals surface area contributed by atoms with Gasteiger partial charge in [0.25, 0.3) is 0 Å². The first-order chi connectivity index (χ1) is 10.8. The van der Waals surface area contributed by atoms with Crippen LogP contribution < -0.4 is 15.2 Å². The quantitative estimate of drug-likeness (QED) is 0.809. The molecule has 23 heavy (non-hydrogen) atoms. The summed E-state index contributed by atoms with van der Waals surface area (Å²) in [6.45, 7) is 5.88. The zero-order chi connectivity index (χ0) is 17.1. The van der Waals surface area contributed by atoms with Crippen LogP contribution in [0.3, 0.4) is 0 Å². The molecule has 0 aromatic heterocycles. The van der Waals surface area contributed by atoms with Gasteiger partial charge in [-0.25, -0.2) is 0 Å². The van der Waals surface area contributed by atoms with E-state index < -0.39 is 12.1 Å². The average molecular weight is 320 g/mol. The van der Waals surface area contributed by atoms with E-state index in [-0.39, 0.29) is 18.5 Å². The summed E-state index contributed by atoms with van der Waals surface area (Å²) in [5.41, 5.74) is 6.42. The topological polar surface area (TPSA) is 81.9 Å². The van der Waals surface area contributed by atoms with Gasteiger partial charge >= 0.3 is 0 Å². The fourth-order valence-electron chi connectivity index (χ4n) is 2.53. The van der Waals surface area contributed by atoms with Crippen molar-refractivity contribution in [3.8, 4) is 11.5 Å². The van der Waals surface area contributed by atoms with E-state index in [4.69, 9.17) is 15.2 Å². The maximum Gasteiger partial charge on any atom is 0.239 e. The van der Waals surface area contributed by atoms with Crippen molar-refractivity contribution >= 4 is 11.7 Å². The molecule has 2 atom stereocenters. The summed E-state index contributed by atoms with van der Waals surface area (Å²) < 4.78 is 10.5. The molecule has 126 valence electrons. The number of nitrogens with two attached hydrogens (primary N) is 1. The van der Waals surface area contributed by atoms with Gasteiger partial charge in [0, 0.05) is 12.6 Å². The van der Waals surface area contributed by atoms with Crippen LogP contribution in [0.25, 0.3) is 0 Å². The molecule has 6 nitrogen and oxygen atoms in total. The van der Waals surface area contributed by atoms with Crippen molar-refractivity contribution in [2.24, 2.45) is 11.7 Å². The monoisotopic (exact) mass is 320 g/mol. The predicted octanol–water partition coefficient (Wildman–Crippen LogP) is 1.82. The molecule has 0 aliphatic carbocycles. The van der Waals surface area contributed by atoms with Gasteiger partial charge in [-0.2, -0.15) is 0 Å². The number of amides is 1. The molecule has 1 heterocycles. The first-order valence-corrected chi connectivity index (χ1v) is 7.77. The van der Waals surface area contributed by atoms with E-state index in [0.717, 1.165) is 0 Å². The minimum Gasteiger partial charge on any atom is -0.454 e. The number of Topliss-reactive ketones (excluding diaryl/α,β-unsaturated/α-hetero) is 1. The van der Waals surface area contributed by atoms with Crippen molar-refractivity contribution in [3.63, 3.8) is 0 Å². The first-order valence-electron chi connectivity index (χ1n) is 7.77. The summed E-state index contributed by atoms with van der Waals surface area (Å²) in [6, 6.07) is 3.84. The van der Waals surface area contributed by atoms with Gasteiger partial charge in [-0.15, -0.1) is 0 Å². The molecule has 0 saturated heterocycles. The Kier molecular flexibility index (Phi) is 5.26. The second-order valence-corrected chi connectivity index (χ2v) is 6.29. The maximum atomic E-state index is 12.6. The van der Waals surface area contributed by atoms with E-state index in [2.05, 4.69) is 0 Å². The van der Waals surface area contributed by atoms with Crippen LogP contribution in [-0.2, 0) is 4.79 Å². The molecule has 0 saturated carbocycles. The Morgan fingerprint density at radius 1 is 1.22 bits per heavy atom. The van der Waals surface area contributed by atoms with Crippen molar-refractivity contribution in [1.82, 2.24) is 4.90 Å². The van der Waals surface area contributed by atoms with Gasteiger partial charge in [0.05, 0.1) is 12.1 Å². The van der Waals surface area contributed by atoms with Crippen LogP contribution in [0.15, 0.2) is 18.2 Å². The van der Waals surface area contributed by atoms with Crippen molar-refractivity contribution in [3.05, 3.63) is 23.8 Å². The highest BCUT2D eigenvalue weighted by molar-refractivity contribution is 6.02. The summed E-state index contributed by atoms with van der Waals surface area (Å²) in [7, 11) is 1.61. The van der Waals surface area contributed by atoms with Gasteiger partial charge in [0.1, 0.15) is 0 Å². The Bertz CT molecular complexity index is 600. The van der Waals surface area contributed by atoms with E-state index in [1.54, 1.807) is 32.2 Å². The van der Waals surface area contributed by atoms with Crippen LogP contribution in [0.1, 0.15) is 37.6 Å². The van der Waals surface area contributed by atoms with Gasteiger partial charge in [-0.1, -0.05) is 13.8 Å². The highest BCUT2D eigenvalue weighted by atomic mass is 16.7. The number of likely N-dealkylation sites (N-methyl/N-ethyl adjacent to an activating group) is 1. The van der Waals surface area contributed by atoms with Crippen LogP contribution in [0.4, 0.5) is 0 Å². The molecule has 1 aliphatic rings. The van der Waals surface area contributed by atoms with E-state index in [0.29, 0.717) is 29.4 Å². The third-order valence-electron chi connectivity index (χ3n) is 4.01. The van der Waals surface area contributed by atoms with Crippen LogP contribution in [-0.4, -0.2) is 42.5 Å². The first kappa shape index (κ1) is 17.3. The van der Waals surface area contributed by atoms with Crippen molar-refractivity contribution in [2.75, 3.05) is 13.8 Å². The van der Waals surface area contributed by atoms with E-state index >= 15 is 0 Å². The molecule has 0 spiro atoms. The number of benzene rings is 1. The highest BCUT2D eigenvalue weighted by Crippen LogP contribution is 2.33. The number of nitrogens with zero attached hydrogens (tertiary/aromatic N) is 1. The molecule has 0 bridgehead atoms. The van der Waals surface area contributed by atoms with Gasteiger partial charge < -0.3 is 20.1 Å². The smallest absolute Gasteiger partial charge is 0.239 e. The minimum absolute atomic E-state index is 0.157. The average Bonchev–Trinajstić information content (AvgIpc) is 2.98. The molecular weight excluding hydrogens is 296 g/mol. The Labute approximate surface area is 136 Å². The molecule has 1 amide bonds. The number of carbonyl (C=O) groups excluding carboxylic acids is 2. The lowest BCUT2D eigenvalue weighted by Gasteiger charge is -2.27. The van der Waals surface area contributed by atoms with E-state index in [1.807, 2.05) is 13.8 Å². The lowest BCUT2D eigenvalue weighted by molar-refractivity contribution is -0.132. The van der Waals surface area contributed by atoms with Gasteiger partial charge in [0.2, 0.25) is 12.7 Å². The largest absolute Gasteiger partial charge is 0.454 e. The number of hydrogen-bond acceptors (Lipinski definition) is 5. The van der Waals surface area contributed by atoms with Crippen molar-refractivity contribution in [1.29, 1.82) is 0 Å². The molecule has 1 aliphatic heterocycles. The third-order valence-corrected chi connectivity index (χ3v) is 4.01.